The molecule has 1 aliphatic rings. The summed E-state index contributed by atoms with van der Waals surface area (Å²) >= 11 is 1.11. The lowest BCUT2D eigenvalue weighted by Gasteiger charge is -2.38. The number of likely N-dealkylation sites (tertiary alicyclic amines) is 1. The first-order valence-electron chi connectivity index (χ1n) is 13.0. The Labute approximate surface area is 223 Å². The number of rotatable bonds is 12. The summed E-state index contributed by atoms with van der Waals surface area (Å²) in [5.74, 6) is -2.10. The van der Waals surface area contributed by atoms with Crippen LogP contribution in [0.25, 0.3) is 0 Å². The summed E-state index contributed by atoms with van der Waals surface area (Å²) in [4.78, 5) is 58.0. The molecular weight excluding hydrogens is 496 g/mol. The minimum atomic E-state index is -1.16. The quantitative estimate of drug-likeness (QED) is 0.388. The van der Waals surface area contributed by atoms with E-state index in [9.17, 15) is 24.3 Å². The number of aromatic nitrogens is 1. The van der Waals surface area contributed by atoms with Gasteiger partial charge in [-0.2, -0.15) is 0 Å². The van der Waals surface area contributed by atoms with Crippen LogP contribution in [-0.4, -0.2) is 82.4 Å². The van der Waals surface area contributed by atoms with Crippen molar-refractivity contribution in [2.75, 3.05) is 20.6 Å². The Hall–Kier alpha value is -2.53. The fourth-order valence-corrected chi connectivity index (χ4v) is 5.59. The van der Waals surface area contributed by atoms with Gasteiger partial charge in [-0.1, -0.05) is 40.5 Å². The number of carboxylic acids is 1. The highest BCUT2D eigenvalue weighted by Crippen LogP contribution is 2.31. The maximum Gasteiger partial charge on any atom is 0.355 e. The molecule has 0 spiro atoms. The number of hydrogen-bond acceptors (Lipinski definition) is 8. The van der Waals surface area contributed by atoms with Gasteiger partial charge < -0.3 is 20.1 Å². The van der Waals surface area contributed by atoms with Gasteiger partial charge in [0.15, 0.2) is 11.8 Å². The highest BCUT2D eigenvalue weighted by atomic mass is 32.1. The molecule has 0 radical (unpaired) electrons. The Kier molecular flexibility index (Phi) is 11.5. The third kappa shape index (κ3) is 8.23. The normalized spacial score (nSPS) is 19.5. The standard InChI is InChI=1S/C26H42N4O6S/c1-8-16(4)22(28-23(32)19-11-9-10-12-29(19)6)25(33)30(7)20(15(2)3)13-21(36-17(5)31)24-27-18(14-37-24)26(34)35/h14-16,19-22H,8-13H2,1-7H3,(H,28,32)(H,34,35)/t16-,19+,20+,21?,22-/m0/s1. The van der Waals surface area contributed by atoms with E-state index in [0.717, 1.165) is 37.1 Å². The first-order valence-corrected chi connectivity index (χ1v) is 13.9. The Balaban J connectivity index is 2.27. The first-order chi connectivity index (χ1) is 17.4. The summed E-state index contributed by atoms with van der Waals surface area (Å²) in [5.41, 5.74) is -0.116. The van der Waals surface area contributed by atoms with Crippen LogP contribution in [0, 0.1) is 11.8 Å². The van der Waals surface area contributed by atoms with Gasteiger partial charge in [-0.15, -0.1) is 11.3 Å². The summed E-state index contributed by atoms with van der Waals surface area (Å²) in [7, 11) is 3.64. The Morgan fingerprint density at radius 2 is 1.95 bits per heavy atom. The number of likely N-dealkylation sites (N-methyl/N-ethyl adjacent to an activating group) is 2. The average molecular weight is 539 g/mol. The Morgan fingerprint density at radius 1 is 1.27 bits per heavy atom. The number of hydrogen-bond donors (Lipinski definition) is 2. The molecule has 1 saturated heterocycles. The molecule has 1 aliphatic heterocycles. The summed E-state index contributed by atoms with van der Waals surface area (Å²) in [6, 6.07) is -1.29. The molecule has 0 bridgehead atoms. The van der Waals surface area contributed by atoms with E-state index < -0.39 is 24.1 Å². The topological polar surface area (TPSA) is 129 Å². The van der Waals surface area contributed by atoms with E-state index in [1.807, 2.05) is 39.6 Å². The number of thiazole rings is 1. The van der Waals surface area contributed by atoms with Crippen LogP contribution in [0.4, 0.5) is 0 Å². The molecule has 208 valence electrons. The zero-order valence-electron chi connectivity index (χ0n) is 23.0. The van der Waals surface area contributed by atoms with Gasteiger partial charge in [-0.3, -0.25) is 19.3 Å². The highest BCUT2D eigenvalue weighted by Gasteiger charge is 2.37. The maximum absolute atomic E-state index is 13.8. The van der Waals surface area contributed by atoms with E-state index in [2.05, 4.69) is 10.3 Å². The van der Waals surface area contributed by atoms with Crippen molar-refractivity contribution in [1.29, 1.82) is 0 Å². The number of nitrogens with one attached hydrogen (secondary N) is 1. The molecule has 1 aromatic rings. The van der Waals surface area contributed by atoms with Gasteiger partial charge in [-0.05, 0) is 38.3 Å². The van der Waals surface area contributed by atoms with Gasteiger partial charge in [-0.25, -0.2) is 9.78 Å². The SMILES string of the molecule is CC[C@H](C)[C@H](NC(=O)[C@H]1CCCCN1C)C(=O)N(C)[C@H](CC(OC(C)=O)c1nc(C(=O)O)cs1)C(C)C. The average Bonchev–Trinajstić information content (AvgIpc) is 3.34. The second-order valence-corrected chi connectivity index (χ2v) is 11.2. The fourth-order valence-electron chi connectivity index (χ4n) is 4.75. The molecule has 2 rings (SSSR count). The lowest BCUT2D eigenvalue weighted by atomic mass is 9.92. The van der Waals surface area contributed by atoms with E-state index in [1.165, 1.54) is 12.3 Å². The van der Waals surface area contributed by atoms with Crippen LogP contribution in [0.3, 0.4) is 0 Å². The highest BCUT2D eigenvalue weighted by molar-refractivity contribution is 7.09. The van der Waals surface area contributed by atoms with Crippen molar-refractivity contribution >= 4 is 35.1 Å². The maximum atomic E-state index is 13.8. The van der Waals surface area contributed by atoms with Gasteiger partial charge in [0.1, 0.15) is 11.0 Å². The monoisotopic (exact) mass is 538 g/mol. The number of carboxylic acid groups (broad SMARTS) is 1. The molecule has 1 aromatic heterocycles. The van der Waals surface area contributed by atoms with Crippen LogP contribution in [0.15, 0.2) is 5.38 Å². The van der Waals surface area contributed by atoms with Gasteiger partial charge in [0.2, 0.25) is 11.8 Å². The lowest BCUT2D eigenvalue weighted by Crippen LogP contribution is -2.58. The molecule has 1 fully saturated rings. The van der Waals surface area contributed by atoms with E-state index in [4.69, 9.17) is 4.74 Å². The van der Waals surface area contributed by atoms with Gasteiger partial charge in [0.05, 0.1) is 6.04 Å². The molecule has 0 aromatic carbocycles. The summed E-state index contributed by atoms with van der Waals surface area (Å²) < 4.78 is 5.53. The smallest absolute Gasteiger partial charge is 0.355 e. The van der Waals surface area contributed by atoms with Crippen LogP contribution >= 0.6 is 11.3 Å². The summed E-state index contributed by atoms with van der Waals surface area (Å²) in [6.07, 6.45) is 2.97. The molecule has 2 heterocycles. The van der Waals surface area contributed by atoms with Crippen molar-refractivity contribution in [2.24, 2.45) is 11.8 Å². The third-order valence-electron chi connectivity index (χ3n) is 7.24. The first kappa shape index (κ1) is 30.7. The number of carbonyl (C=O) groups is 4. The Bertz CT molecular complexity index is 951. The lowest BCUT2D eigenvalue weighted by molar-refractivity contribution is -0.149. The summed E-state index contributed by atoms with van der Waals surface area (Å²) in [6.45, 7) is 10.0. The minimum Gasteiger partial charge on any atom is -0.476 e. The van der Waals surface area contributed by atoms with Crippen LogP contribution in [0.2, 0.25) is 0 Å². The van der Waals surface area contributed by atoms with Crippen molar-refractivity contribution in [3.63, 3.8) is 0 Å². The molecule has 0 saturated carbocycles. The van der Waals surface area contributed by atoms with E-state index in [1.54, 1.807) is 11.9 Å². The van der Waals surface area contributed by atoms with Crippen molar-refractivity contribution in [1.82, 2.24) is 20.1 Å². The zero-order valence-corrected chi connectivity index (χ0v) is 23.8. The van der Waals surface area contributed by atoms with Crippen LogP contribution in [-0.2, 0) is 19.1 Å². The number of amides is 2. The molecule has 2 amide bonds. The number of piperidine rings is 1. The molecule has 1 unspecified atom stereocenters. The minimum absolute atomic E-state index is 0.0105. The molecule has 11 heteroatoms. The van der Waals surface area contributed by atoms with Crippen molar-refractivity contribution in [3.8, 4) is 0 Å². The number of carbonyl (C=O) groups excluding carboxylic acids is 3. The number of nitrogens with zero attached hydrogens (tertiary/aromatic N) is 3. The van der Waals surface area contributed by atoms with Gasteiger partial charge in [0, 0.05) is 31.8 Å². The van der Waals surface area contributed by atoms with Crippen molar-refractivity contribution in [3.05, 3.63) is 16.1 Å². The van der Waals surface area contributed by atoms with Crippen LogP contribution in [0.5, 0.6) is 0 Å². The second-order valence-electron chi connectivity index (χ2n) is 10.3. The van der Waals surface area contributed by atoms with Gasteiger partial charge in [0.25, 0.3) is 0 Å². The molecule has 37 heavy (non-hydrogen) atoms. The van der Waals surface area contributed by atoms with Crippen LogP contribution < -0.4 is 5.32 Å². The van der Waals surface area contributed by atoms with Crippen molar-refractivity contribution < 1.29 is 29.0 Å². The predicted molar refractivity (Wildman–Crippen MR) is 141 cm³/mol. The second kappa shape index (κ2) is 13.9. The largest absolute Gasteiger partial charge is 0.476 e. The predicted octanol–water partition coefficient (Wildman–Crippen LogP) is 3.33. The van der Waals surface area contributed by atoms with E-state index in [0.29, 0.717) is 11.4 Å². The van der Waals surface area contributed by atoms with E-state index >= 15 is 0 Å². The van der Waals surface area contributed by atoms with Crippen LogP contribution in [0.1, 0.15) is 88.3 Å². The molecule has 5 atom stereocenters. The van der Waals surface area contributed by atoms with Crippen molar-refractivity contribution in [2.45, 2.75) is 91.0 Å². The summed E-state index contributed by atoms with van der Waals surface area (Å²) in [5, 5.41) is 14.1. The fraction of sp³-hybridized carbons (Fsp3) is 0.731. The number of esters is 1. The molecule has 0 aliphatic carbocycles. The van der Waals surface area contributed by atoms with Gasteiger partial charge >= 0.3 is 11.9 Å². The van der Waals surface area contributed by atoms with E-state index in [-0.39, 0.29) is 47.8 Å². The zero-order chi connectivity index (χ0) is 27.9. The molecular formula is C26H42N4O6S. The Morgan fingerprint density at radius 3 is 2.46 bits per heavy atom. The molecule has 2 N–H and O–H groups in total. The third-order valence-corrected chi connectivity index (χ3v) is 8.18. The number of aromatic carboxylic acids is 1. The molecule has 10 nitrogen and oxygen atoms in total. The number of ether oxygens (including phenoxy) is 1.